The van der Waals surface area contributed by atoms with Crippen LogP contribution in [0.5, 0.6) is 0 Å². The molecule has 1 saturated heterocycles. The topological polar surface area (TPSA) is 105 Å². The third-order valence-corrected chi connectivity index (χ3v) is 10.9. The molecule has 13 heteroatoms. The summed E-state index contributed by atoms with van der Waals surface area (Å²) in [4.78, 5) is 17.2. The second kappa shape index (κ2) is 11.2. The Labute approximate surface area is 236 Å². The number of nitrogens with one attached hydrogen (secondary N) is 1. The van der Waals surface area contributed by atoms with Crippen LogP contribution in [0.3, 0.4) is 0 Å². The highest BCUT2D eigenvalue weighted by molar-refractivity contribution is 8.32. The van der Waals surface area contributed by atoms with Gasteiger partial charge in [-0.25, -0.2) is 8.42 Å². The molecule has 204 valence electrons. The largest absolute Gasteiger partial charge is 0.374 e. The molecule has 1 N–H and O–H groups in total. The molecule has 5 rings (SSSR count). The lowest BCUT2D eigenvalue weighted by molar-refractivity contribution is 0.384. The van der Waals surface area contributed by atoms with Gasteiger partial charge in [-0.15, -0.1) is 11.3 Å². The highest BCUT2D eigenvalue weighted by atomic mass is 32.8. The number of benzene rings is 2. The average molecular weight is 602 g/mol. The van der Waals surface area contributed by atoms with Crippen molar-refractivity contribution in [2.75, 3.05) is 42.7 Å². The van der Waals surface area contributed by atoms with Crippen LogP contribution in [0, 0.1) is 0 Å². The maximum absolute atomic E-state index is 13.6. The number of piperazine rings is 1. The summed E-state index contributed by atoms with van der Waals surface area (Å²) in [7, 11) is -6.34. The fourth-order valence-corrected chi connectivity index (χ4v) is 7.40. The third kappa shape index (κ3) is 5.92. The fraction of sp³-hybridized carbons (Fsp3) is 0.231. The second-order valence-corrected chi connectivity index (χ2v) is 15.9. The molecular weight excluding hydrogens is 575 g/mol. The minimum Gasteiger partial charge on any atom is -0.374 e. The first-order valence-electron chi connectivity index (χ1n) is 12.1. The van der Waals surface area contributed by atoms with E-state index in [0.29, 0.717) is 41.6 Å². The fourth-order valence-electron chi connectivity index (χ4n) is 4.37. The summed E-state index contributed by atoms with van der Waals surface area (Å²) >= 11 is 6.60. The molecule has 0 aliphatic carbocycles. The van der Waals surface area contributed by atoms with Crippen molar-refractivity contribution >= 4 is 52.4 Å². The molecule has 0 amide bonds. The quantitative estimate of drug-likeness (QED) is 0.329. The first-order chi connectivity index (χ1) is 18.6. The van der Waals surface area contributed by atoms with E-state index in [-0.39, 0.29) is 23.5 Å². The predicted octanol–water partition coefficient (Wildman–Crippen LogP) is 3.15. The van der Waals surface area contributed by atoms with Gasteiger partial charge in [-0.05, 0) is 59.0 Å². The van der Waals surface area contributed by atoms with E-state index in [4.69, 9.17) is 11.2 Å². The lowest BCUT2D eigenvalue weighted by atomic mass is 10.2. The van der Waals surface area contributed by atoms with Crippen LogP contribution in [-0.4, -0.2) is 59.1 Å². The first-order valence-corrected chi connectivity index (χ1v) is 17.3. The molecule has 4 aromatic rings. The molecule has 1 atom stereocenters. The van der Waals surface area contributed by atoms with Crippen LogP contribution in [0.4, 0.5) is 11.4 Å². The molecule has 2 aromatic carbocycles. The van der Waals surface area contributed by atoms with Crippen molar-refractivity contribution in [3.63, 3.8) is 0 Å². The number of hydrogen-bond donors (Lipinski definition) is 1. The SMILES string of the molecule is CS(=O)(=S)c1ccc(S(=O)(=O)N2CCN(c3cnn(-c4ccccc4)c(=O)c3NCc3cccs3)CC2)cc1. The monoisotopic (exact) mass is 601 g/mol. The average Bonchev–Trinajstić information content (AvgIpc) is 3.46. The molecule has 0 spiro atoms. The van der Waals surface area contributed by atoms with Gasteiger partial charge in [0.2, 0.25) is 10.0 Å². The van der Waals surface area contributed by atoms with Crippen molar-refractivity contribution in [1.82, 2.24) is 14.1 Å². The molecule has 0 bridgehead atoms. The Hall–Kier alpha value is -3.10. The Balaban J connectivity index is 1.38. The van der Waals surface area contributed by atoms with Gasteiger partial charge in [-0.3, -0.25) is 9.00 Å². The second-order valence-electron chi connectivity index (χ2n) is 9.02. The zero-order valence-electron chi connectivity index (χ0n) is 21.1. The van der Waals surface area contributed by atoms with Crippen LogP contribution in [0.2, 0.25) is 0 Å². The van der Waals surface area contributed by atoms with E-state index in [0.717, 1.165) is 4.88 Å². The van der Waals surface area contributed by atoms with Gasteiger partial charge in [-0.2, -0.15) is 14.1 Å². The van der Waals surface area contributed by atoms with Crippen LogP contribution in [0.25, 0.3) is 5.69 Å². The lowest BCUT2D eigenvalue weighted by Crippen LogP contribution is -2.49. The number of sulfonamides is 1. The number of aromatic nitrogens is 2. The smallest absolute Gasteiger partial charge is 0.296 e. The summed E-state index contributed by atoms with van der Waals surface area (Å²) in [6, 6.07) is 19.1. The summed E-state index contributed by atoms with van der Waals surface area (Å²) in [6.07, 6.45) is 3.10. The van der Waals surface area contributed by atoms with Gasteiger partial charge in [0.1, 0.15) is 5.69 Å². The van der Waals surface area contributed by atoms with E-state index in [1.807, 2.05) is 52.7 Å². The van der Waals surface area contributed by atoms with E-state index in [2.05, 4.69) is 10.4 Å². The number of nitrogens with zero attached hydrogens (tertiary/aromatic N) is 4. The van der Waals surface area contributed by atoms with Gasteiger partial charge in [0, 0.05) is 48.8 Å². The van der Waals surface area contributed by atoms with Gasteiger partial charge in [-0.1, -0.05) is 24.3 Å². The summed E-state index contributed by atoms with van der Waals surface area (Å²) in [6.45, 7) is 1.73. The zero-order valence-corrected chi connectivity index (χ0v) is 24.4. The van der Waals surface area contributed by atoms with E-state index in [1.165, 1.54) is 39.5 Å². The van der Waals surface area contributed by atoms with Gasteiger partial charge in [0.05, 0.1) is 31.0 Å². The van der Waals surface area contributed by atoms with Crippen LogP contribution < -0.4 is 15.8 Å². The number of anilines is 2. The molecule has 0 saturated carbocycles. The minimum atomic E-state index is -3.75. The number of thiophene rings is 1. The van der Waals surface area contributed by atoms with Crippen molar-refractivity contribution in [2.45, 2.75) is 16.3 Å². The van der Waals surface area contributed by atoms with Crippen LogP contribution >= 0.6 is 11.3 Å². The first kappa shape index (κ1) is 27.5. The Bertz CT molecular complexity index is 1710. The number of hydrogen-bond acceptors (Lipinski definition) is 9. The van der Waals surface area contributed by atoms with Gasteiger partial charge < -0.3 is 10.2 Å². The maximum atomic E-state index is 13.6. The van der Waals surface area contributed by atoms with E-state index >= 15 is 0 Å². The highest BCUT2D eigenvalue weighted by Crippen LogP contribution is 2.27. The Kier molecular flexibility index (Phi) is 7.87. The zero-order chi connectivity index (χ0) is 27.6. The Morgan fingerprint density at radius 2 is 1.59 bits per heavy atom. The maximum Gasteiger partial charge on any atom is 0.296 e. The van der Waals surface area contributed by atoms with Crippen molar-refractivity contribution in [3.05, 3.63) is 93.5 Å². The van der Waals surface area contributed by atoms with Crippen molar-refractivity contribution in [3.8, 4) is 5.69 Å². The van der Waals surface area contributed by atoms with Crippen LogP contribution in [-0.2, 0) is 36.2 Å². The predicted molar refractivity (Wildman–Crippen MR) is 159 cm³/mol. The summed E-state index contributed by atoms with van der Waals surface area (Å²) in [5.41, 5.74) is 1.43. The van der Waals surface area contributed by atoms with E-state index in [1.54, 1.807) is 17.5 Å². The molecule has 1 aliphatic rings. The van der Waals surface area contributed by atoms with Gasteiger partial charge in [0.15, 0.2) is 0 Å². The van der Waals surface area contributed by atoms with Crippen molar-refractivity contribution in [1.29, 1.82) is 0 Å². The molecule has 3 heterocycles. The van der Waals surface area contributed by atoms with Crippen molar-refractivity contribution < 1.29 is 12.6 Å². The minimum absolute atomic E-state index is 0.128. The van der Waals surface area contributed by atoms with E-state index < -0.39 is 18.5 Å². The van der Waals surface area contributed by atoms with Crippen LogP contribution in [0.1, 0.15) is 4.88 Å². The lowest BCUT2D eigenvalue weighted by Gasteiger charge is -2.36. The normalized spacial score (nSPS) is 16.1. The molecule has 9 nitrogen and oxygen atoms in total. The molecule has 2 aromatic heterocycles. The standard InChI is InChI=1S/C26H27N5O4S4/c1-38(33,36)22-9-11-23(12-10-22)39(34,35)30-15-13-29(14-16-30)24-19-28-31(20-6-3-2-4-7-20)26(32)25(24)27-18-21-8-5-17-37-21/h2-12,17,19,27H,13-16,18H2,1H3. The summed E-state index contributed by atoms with van der Waals surface area (Å²) < 4.78 is 41.5. The summed E-state index contributed by atoms with van der Waals surface area (Å²) in [5.74, 6) is 0. The summed E-state index contributed by atoms with van der Waals surface area (Å²) in [5, 5.41) is 9.73. The molecular formula is C26H27N5O4S4. The number of rotatable bonds is 8. The number of para-hydroxylation sites is 1. The third-order valence-electron chi connectivity index (χ3n) is 6.45. The molecule has 39 heavy (non-hydrogen) atoms. The van der Waals surface area contributed by atoms with Crippen molar-refractivity contribution in [2.24, 2.45) is 0 Å². The molecule has 1 fully saturated rings. The molecule has 0 radical (unpaired) electrons. The van der Waals surface area contributed by atoms with E-state index in [9.17, 15) is 17.4 Å². The van der Waals surface area contributed by atoms with Gasteiger partial charge in [0.25, 0.3) is 5.56 Å². The Morgan fingerprint density at radius 3 is 2.21 bits per heavy atom. The Morgan fingerprint density at radius 1 is 0.923 bits per heavy atom. The van der Waals surface area contributed by atoms with Gasteiger partial charge >= 0.3 is 0 Å². The molecule has 1 aliphatic heterocycles. The molecule has 1 unspecified atom stereocenters. The van der Waals surface area contributed by atoms with Crippen LogP contribution in [0.15, 0.2) is 92.9 Å². The highest BCUT2D eigenvalue weighted by Gasteiger charge is 2.30.